The molecule has 67 heavy (non-hydrogen) atoms. The zero-order valence-corrected chi connectivity index (χ0v) is 39.1. The van der Waals surface area contributed by atoms with Crippen molar-refractivity contribution in [1.82, 2.24) is 4.57 Å². The Kier molecular flexibility index (Phi) is 8.67. The van der Waals surface area contributed by atoms with Crippen molar-refractivity contribution in [3.05, 3.63) is 229 Å². The van der Waals surface area contributed by atoms with E-state index in [9.17, 15) is 0 Å². The van der Waals surface area contributed by atoms with Crippen LogP contribution in [-0.2, 0) is 15.4 Å². The molecule has 0 radical (unpaired) electrons. The summed E-state index contributed by atoms with van der Waals surface area (Å²) < 4.78 is 24.3. The molecule has 10 aromatic rings. The highest BCUT2D eigenvalue weighted by Gasteiger charge is 2.51. The van der Waals surface area contributed by atoms with Crippen LogP contribution in [0.3, 0.4) is 0 Å². The monoisotopic (exact) mass is 883 g/mol. The highest BCUT2D eigenvalue weighted by molar-refractivity contribution is 7.76. The van der Waals surface area contributed by atoms with Crippen molar-refractivity contribution in [2.75, 3.05) is 9.34 Å². The Labute approximate surface area is 392 Å². The van der Waals surface area contributed by atoms with Crippen molar-refractivity contribution in [1.29, 1.82) is 0 Å². The summed E-state index contributed by atoms with van der Waals surface area (Å²) in [4.78, 5) is 0. The van der Waals surface area contributed by atoms with Gasteiger partial charge in [-0.3, -0.25) is 13.9 Å². The number of hydrogen-bond donors (Lipinski definition) is 0. The van der Waals surface area contributed by atoms with Crippen LogP contribution < -0.4 is 14.6 Å². The van der Waals surface area contributed by atoms with Gasteiger partial charge in [-0.25, -0.2) is 0 Å². The highest BCUT2D eigenvalue weighted by atomic mass is 31.2. The molecular weight excluding hydrogens is 834 g/mol. The molecule has 9 aromatic carbocycles. The lowest BCUT2D eigenvalue weighted by molar-refractivity contribution is 0.490. The first-order valence-corrected chi connectivity index (χ1v) is 25.4. The lowest BCUT2D eigenvalue weighted by Crippen LogP contribution is -2.27. The van der Waals surface area contributed by atoms with Gasteiger partial charge in [-0.15, -0.1) is 0 Å². The van der Waals surface area contributed by atoms with Gasteiger partial charge in [-0.2, -0.15) is 0 Å². The van der Waals surface area contributed by atoms with Crippen LogP contribution in [0.4, 0.5) is 22.7 Å². The molecule has 0 spiro atoms. The van der Waals surface area contributed by atoms with Crippen molar-refractivity contribution >= 4 is 57.3 Å². The average Bonchev–Trinajstić information content (AvgIpc) is 4.04. The SMILES string of the molecule is CCC1(CC)c2ccccc2-c2ccc(N3c4ccc(-c5cccc6c5c5ccccc5n6-c5ccccc5)cc4N(c4ccc5c(c4)C(C)(C)c4ccccc4-5)P3(=O)c3ccccc3)cc21. The predicted molar refractivity (Wildman–Crippen MR) is 281 cm³/mol. The van der Waals surface area contributed by atoms with E-state index in [2.05, 4.69) is 230 Å². The molecule has 13 rings (SSSR count). The first-order chi connectivity index (χ1) is 32.8. The molecule has 1 atom stereocenters. The second kappa shape index (κ2) is 14.6. The molecule has 1 aliphatic heterocycles. The number of hydrogen-bond acceptors (Lipinski definition) is 1. The average molecular weight is 884 g/mol. The van der Waals surface area contributed by atoms with Gasteiger partial charge in [0.05, 0.1) is 27.7 Å². The predicted octanol–water partition coefficient (Wildman–Crippen LogP) is 16.7. The summed E-state index contributed by atoms with van der Waals surface area (Å²) in [6.45, 7) is 9.28. The Morgan fingerprint density at radius 1 is 0.433 bits per heavy atom. The van der Waals surface area contributed by atoms with E-state index >= 15 is 4.57 Å². The van der Waals surface area contributed by atoms with E-state index in [1.54, 1.807) is 0 Å². The number of para-hydroxylation sites is 2. The number of fused-ring (bicyclic) bond motifs is 10. The maximum atomic E-state index is 17.5. The standard InChI is InChI=1S/C62H50N3OP/c1-5-62(6-2)53-29-17-14-25-48(53)50-36-34-44(40-55(50)62)64-57-37-32-41(46-27-19-31-58-60(46)51-26-15-18-30-56(51)63(58)42-20-9-7-10-21-42)38-59(57)65(67(64,66)45-22-11-8-12-23-45)43-33-35-49-47-24-13-16-28-52(47)61(3,4)54(49)39-43/h7-40H,5-6H2,1-4H3. The van der Waals surface area contributed by atoms with Crippen LogP contribution in [0.5, 0.6) is 0 Å². The van der Waals surface area contributed by atoms with Crippen LogP contribution in [0, 0.1) is 0 Å². The van der Waals surface area contributed by atoms with Gasteiger partial charge in [0.25, 0.3) is 0 Å². The van der Waals surface area contributed by atoms with Gasteiger partial charge in [0.2, 0.25) is 0 Å². The van der Waals surface area contributed by atoms with Crippen LogP contribution in [0.25, 0.3) is 60.9 Å². The van der Waals surface area contributed by atoms with Gasteiger partial charge >= 0.3 is 7.44 Å². The Morgan fingerprint density at radius 3 is 1.72 bits per heavy atom. The van der Waals surface area contributed by atoms with Crippen molar-refractivity contribution in [3.63, 3.8) is 0 Å². The van der Waals surface area contributed by atoms with Crippen LogP contribution >= 0.6 is 7.44 Å². The molecule has 0 amide bonds. The summed E-state index contributed by atoms with van der Waals surface area (Å²) in [6.07, 6.45) is 1.94. The van der Waals surface area contributed by atoms with Gasteiger partial charge in [-0.05, 0) is 141 Å². The topological polar surface area (TPSA) is 28.5 Å². The van der Waals surface area contributed by atoms with E-state index in [0.717, 1.165) is 68.7 Å². The minimum atomic E-state index is -3.74. The van der Waals surface area contributed by atoms with Crippen molar-refractivity contribution in [2.45, 2.75) is 51.4 Å². The highest BCUT2D eigenvalue weighted by Crippen LogP contribution is 2.71. The summed E-state index contributed by atoms with van der Waals surface area (Å²) in [5, 5.41) is 3.17. The number of aromatic nitrogens is 1. The Morgan fingerprint density at radius 2 is 0.985 bits per heavy atom. The molecule has 0 bridgehead atoms. The van der Waals surface area contributed by atoms with Gasteiger partial charge in [0, 0.05) is 38.7 Å². The maximum Gasteiger partial charge on any atom is 0.301 e. The second-order valence-electron chi connectivity index (χ2n) is 19.1. The fraction of sp³-hybridized carbons (Fsp3) is 0.129. The Hall–Kier alpha value is -7.39. The van der Waals surface area contributed by atoms with Crippen LogP contribution in [0.2, 0.25) is 0 Å². The first kappa shape index (κ1) is 39.9. The van der Waals surface area contributed by atoms with Gasteiger partial charge in [-0.1, -0.05) is 161 Å². The molecule has 1 unspecified atom stereocenters. The molecule has 2 heterocycles. The van der Waals surface area contributed by atoms with Gasteiger partial charge in [0.15, 0.2) is 0 Å². The third kappa shape index (κ3) is 5.39. The number of benzene rings is 9. The summed E-state index contributed by atoms with van der Waals surface area (Å²) in [6, 6.07) is 74.5. The number of rotatable bonds is 7. The number of anilines is 4. The minimum Gasteiger partial charge on any atom is -0.309 e. The van der Waals surface area contributed by atoms with Crippen LogP contribution in [0.15, 0.2) is 206 Å². The zero-order chi connectivity index (χ0) is 45.2. The maximum absolute atomic E-state index is 17.5. The van der Waals surface area contributed by atoms with E-state index in [-0.39, 0.29) is 10.8 Å². The molecule has 324 valence electrons. The summed E-state index contributed by atoms with van der Waals surface area (Å²) in [7, 11) is -3.74. The smallest absolute Gasteiger partial charge is 0.301 e. The quantitative estimate of drug-likeness (QED) is 0.149. The fourth-order valence-corrected chi connectivity index (χ4v) is 15.4. The molecule has 2 aliphatic carbocycles. The van der Waals surface area contributed by atoms with E-state index < -0.39 is 7.44 Å². The van der Waals surface area contributed by atoms with Gasteiger partial charge < -0.3 is 4.57 Å². The third-order valence-electron chi connectivity index (χ3n) is 15.6. The van der Waals surface area contributed by atoms with E-state index in [4.69, 9.17) is 0 Å². The van der Waals surface area contributed by atoms with Crippen LogP contribution in [0.1, 0.15) is 62.8 Å². The molecule has 4 nitrogen and oxygen atoms in total. The molecule has 1 aromatic heterocycles. The zero-order valence-electron chi connectivity index (χ0n) is 38.2. The largest absolute Gasteiger partial charge is 0.309 e. The van der Waals surface area contributed by atoms with E-state index in [1.807, 2.05) is 18.2 Å². The normalized spacial score (nSPS) is 17.1. The lowest BCUT2D eigenvalue weighted by Gasteiger charge is -2.35. The Bertz CT molecular complexity index is 3700. The summed E-state index contributed by atoms with van der Waals surface area (Å²) >= 11 is 0. The van der Waals surface area contributed by atoms with Gasteiger partial charge in [0.1, 0.15) is 0 Å². The minimum absolute atomic E-state index is 0.150. The first-order valence-electron chi connectivity index (χ1n) is 23.8. The fourth-order valence-electron chi connectivity index (χ4n) is 12.4. The third-order valence-corrected chi connectivity index (χ3v) is 18.6. The lowest BCUT2D eigenvalue weighted by atomic mass is 9.74. The second-order valence-corrected chi connectivity index (χ2v) is 21.5. The molecule has 3 aliphatic rings. The molecule has 0 saturated carbocycles. The molecular formula is C62H50N3OP. The van der Waals surface area contributed by atoms with Crippen molar-refractivity contribution < 1.29 is 4.57 Å². The van der Waals surface area contributed by atoms with Crippen LogP contribution in [-0.4, -0.2) is 4.57 Å². The molecule has 0 saturated heterocycles. The summed E-state index contributed by atoms with van der Waals surface area (Å²) in [5.74, 6) is 0. The molecule has 5 heteroatoms. The van der Waals surface area contributed by atoms with E-state index in [1.165, 1.54) is 55.3 Å². The number of nitrogens with zero attached hydrogens (tertiary/aromatic N) is 3. The van der Waals surface area contributed by atoms with Crippen molar-refractivity contribution in [2.24, 2.45) is 0 Å². The molecule has 0 N–H and O–H groups in total. The summed E-state index contributed by atoms with van der Waals surface area (Å²) in [5.41, 5.74) is 19.3. The van der Waals surface area contributed by atoms with E-state index in [0.29, 0.717) is 0 Å². The Balaban J connectivity index is 1.09. The molecule has 0 fully saturated rings. The van der Waals surface area contributed by atoms with Crippen molar-refractivity contribution in [3.8, 4) is 39.1 Å².